The molecule has 1 heterocycles. The van der Waals surface area contributed by atoms with E-state index in [0.29, 0.717) is 12.1 Å². The fourth-order valence-electron chi connectivity index (χ4n) is 2.78. The van der Waals surface area contributed by atoms with Gasteiger partial charge in [0.05, 0.1) is 0 Å². The second-order valence-corrected chi connectivity index (χ2v) is 10.6. The van der Waals surface area contributed by atoms with Gasteiger partial charge in [-0.25, -0.2) is 0 Å². The van der Waals surface area contributed by atoms with Crippen molar-refractivity contribution in [2.45, 2.75) is 31.5 Å². The topological polar surface area (TPSA) is 20.2 Å². The van der Waals surface area contributed by atoms with Crippen LogP contribution in [0.25, 0.3) is 0 Å². The van der Waals surface area contributed by atoms with Gasteiger partial charge in [-0.05, 0) is 29.6 Å². The van der Waals surface area contributed by atoms with Crippen molar-refractivity contribution in [2.24, 2.45) is 5.92 Å². The monoisotopic (exact) mass is 278 g/mol. The Morgan fingerprint density at radius 2 is 2.00 bits per heavy atom. The maximum Gasteiger partial charge on any atom is 0.128 e. The largest absolute Gasteiger partial charge is 0.377 e. The molecule has 0 spiro atoms. The summed E-state index contributed by atoms with van der Waals surface area (Å²) in [5.41, 5.74) is -0.677. The van der Waals surface area contributed by atoms with Gasteiger partial charge in [-0.1, -0.05) is 61.9 Å². The van der Waals surface area contributed by atoms with Gasteiger partial charge in [0, 0.05) is 5.92 Å². The molecule has 0 saturated carbocycles. The highest BCUT2D eigenvalue weighted by atomic mass is 32.4. The van der Waals surface area contributed by atoms with Gasteiger partial charge in [-0.15, -0.1) is 6.42 Å². The number of aliphatic hydroxyl groups is 1. The summed E-state index contributed by atoms with van der Waals surface area (Å²) in [7, 11) is 0. The van der Waals surface area contributed by atoms with E-state index < -0.39 is 11.6 Å². The van der Waals surface area contributed by atoms with Crippen LogP contribution in [-0.4, -0.2) is 22.5 Å². The molecule has 1 N–H and O–H groups in total. The van der Waals surface area contributed by atoms with Crippen molar-refractivity contribution in [1.82, 2.24) is 0 Å². The van der Waals surface area contributed by atoms with Crippen LogP contribution in [0.2, 0.25) is 0 Å². The van der Waals surface area contributed by atoms with Crippen LogP contribution in [-0.2, 0) is 11.8 Å². The highest BCUT2D eigenvalue weighted by molar-refractivity contribution is 8.18. The first-order valence-electron chi connectivity index (χ1n) is 6.27. The Bertz CT molecular complexity index is 519. The Hall–Kier alpha value is -0.610. The molecule has 1 nitrogen and oxygen atoms in total. The molecule has 1 aliphatic rings. The molecule has 0 bridgehead atoms. The van der Waals surface area contributed by atoms with Gasteiger partial charge in [0.1, 0.15) is 5.60 Å². The standard InChI is InChI=1S/C15H19OPS/c1-4-15(16)10-13(3)17(18,11-12(15)2)14-8-6-5-7-9-14/h1,5-9,12-13,16H,10-11H2,2-3H3/t12-,13+,15-,17+/m0/s1. The zero-order valence-electron chi connectivity index (χ0n) is 10.8. The minimum absolute atomic E-state index is 0.0738. The fourth-order valence-corrected chi connectivity index (χ4v) is 7.48. The molecule has 3 heteroatoms. The Kier molecular flexibility index (Phi) is 3.70. The number of rotatable bonds is 1. The van der Waals surface area contributed by atoms with Gasteiger partial charge in [-0.2, -0.15) is 0 Å². The van der Waals surface area contributed by atoms with E-state index in [4.69, 9.17) is 18.2 Å². The molecule has 1 aromatic rings. The van der Waals surface area contributed by atoms with Gasteiger partial charge in [0.15, 0.2) is 0 Å². The summed E-state index contributed by atoms with van der Waals surface area (Å²) in [5.74, 6) is 2.65. The quantitative estimate of drug-likeness (QED) is 0.629. The lowest BCUT2D eigenvalue weighted by molar-refractivity contribution is 0.0417. The van der Waals surface area contributed by atoms with Gasteiger partial charge in [-0.3, -0.25) is 0 Å². The van der Waals surface area contributed by atoms with E-state index in [0.717, 1.165) is 6.16 Å². The Labute approximate surface area is 115 Å². The van der Waals surface area contributed by atoms with Crippen LogP contribution >= 0.6 is 6.04 Å². The molecule has 2 rings (SSSR count). The van der Waals surface area contributed by atoms with Crippen molar-refractivity contribution in [3.63, 3.8) is 0 Å². The van der Waals surface area contributed by atoms with Gasteiger partial charge in [0.2, 0.25) is 0 Å². The highest BCUT2D eigenvalue weighted by Crippen LogP contribution is 2.58. The molecule has 1 aliphatic heterocycles. The third-order valence-corrected chi connectivity index (χ3v) is 10.2. The second-order valence-electron chi connectivity index (χ2n) is 5.34. The van der Waals surface area contributed by atoms with Crippen LogP contribution < -0.4 is 5.30 Å². The van der Waals surface area contributed by atoms with Crippen LogP contribution in [0, 0.1) is 18.3 Å². The van der Waals surface area contributed by atoms with Gasteiger partial charge < -0.3 is 5.11 Å². The molecule has 0 amide bonds. The SMILES string of the molecule is C#C[C@]1(O)C[C@@H](C)[P@@](=S)(c2ccccc2)C[C@@H]1C. The normalized spacial score (nSPS) is 40.1. The number of hydrogen-bond donors (Lipinski definition) is 1. The third kappa shape index (κ3) is 2.16. The van der Waals surface area contributed by atoms with Crippen molar-refractivity contribution in [3.8, 4) is 12.3 Å². The summed E-state index contributed by atoms with van der Waals surface area (Å²) in [5, 5.41) is 11.7. The smallest absolute Gasteiger partial charge is 0.128 e. The summed E-state index contributed by atoms with van der Waals surface area (Å²) >= 11 is 6.00. The van der Waals surface area contributed by atoms with E-state index >= 15 is 0 Å². The van der Waals surface area contributed by atoms with Gasteiger partial charge in [0.25, 0.3) is 0 Å². The Balaban J connectivity index is 2.39. The summed E-state index contributed by atoms with van der Waals surface area (Å²) in [6.45, 7) is 4.16. The number of benzene rings is 1. The lowest BCUT2D eigenvalue weighted by Gasteiger charge is -2.44. The molecule has 96 valence electrons. The molecule has 1 aromatic carbocycles. The van der Waals surface area contributed by atoms with Crippen molar-refractivity contribution in [1.29, 1.82) is 0 Å². The van der Waals surface area contributed by atoms with Crippen LogP contribution in [0.1, 0.15) is 20.3 Å². The van der Waals surface area contributed by atoms with E-state index in [1.807, 2.05) is 25.1 Å². The fraction of sp³-hybridized carbons (Fsp3) is 0.467. The minimum atomic E-state index is -1.63. The maximum atomic E-state index is 10.4. The van der Waals surface area contributed by atoms with Crippen molar-refractivity contribution < 1.29 is 5.11 Å². The summed E-state index contributed by atoms with van der Waals surface area (Å²) < 4.78 is 0. The molecular formula is C15H19OPS. The lowest BCUT2D eigenvalue weighted by Crippen LogP contribution is -2.45. The van der Waals surface area contributed by atoms with E-state index in [2.05, 4.69) is 25.0 Å². The first kappa shape index (κ1) is 13.8. The molecule has 4 atom stereocenters. The molecule has 0 unspecified atom stereocenters. The van der Waals surface area contributed by atoms with E-state index in [-0.39, 0.29) is 5.92 Å². The first-order chi connectivity index (χ1) is 8.42. The van der Waals surface area contributed by atoms with Gasteiger partial charge >= 0.3 is 0 Å². The van der Waals surface area contributed by atoms with Crippen LogP contribution in [0.15, 0.2) is 30.3 Å². The average Bonchev–Trinajstić information content (AvgIpc) is 2.37. The predicted molar refractivity (Wildman–Crippen MR) is 82.3 cm³/mol. The van der Waals surface area contributed by atoms with Crippen molar-refractivity contribution in [3.05, 3.63) is 30.3 Å². The molecular weight excluding hydrogens is 259 g/mol. The summed E-state index contributed by atoms with van der Waals surface area (Å²) in [6, 6.07) is 8.73. The Morgan fingerprint density at radius 1 is 1.39 bits per heavy atom. The highest BCUT2D eigenvalue weighted by Gasteiger charge is 2.45. The summed E-state index contributed by atoms with van der Waals surface area (Å²) in [6.07, 6.45) is 6.97. The van der Waals surface area contributed by atoms with Crippen LogP contribution in [0.3, 0.4) is 0 Å². The molecule has 1 saturated heterocycles. The first-order valence-corrected chi connectivity index (χ1v) is 9.32. The number of hydrogen-bond acceptors (Lipinski definition) is 2. The van der Waals surface area contributed by atoms with Crippen LogP contribution in [0.4, 0.5) is 0 Å². The number of terminal acetylenes is 1. The average molecular weight is 278 g/mol. The zero-order chi connectivity index (χ0) is 13.4. The van der Waals surface area contributed by atoms with Crippen LogP contribution in [0.5, 0.6) is 0 Å². The van der Waals surface area contributed by atoms with E-state index in [1.54, 1.807) is 0 Å². The molecule has 0 aliphatic carbocycles. The molecule has 1 fully saturated rings. The minimum Gasteiger partial charge on any atom is -0.377 e. The van der Waals surface area contributed by atoms with E-state index in [1.165, 1.54) is 5.30 Å². The molecule has 0 radical (unpaired) electrons. The van der Waals surface area contributed by atoms with Crippen molar-refractivity contribution >= 4 is 23.1 Å². The zero-order valence-corrected chi connectivity index (χ0v) is 12.5. The molecule has 18 heavy (non-hydrogen) atoms. The van der Waals surface area contributed by atoms with E-state index in [9.17, 15) is 5.11 Å². The third-order valence-electron chi connectivity index (χ3n) is 4.12. The van der Waals surface area contributed by atoms with Crippen molar-refractivity contribution in [2.75, 3.05) is 6.16 Å². The predicted octanol–water partition coefficient (Wildman–Crippen LogP) is 2.58. The second kappa shape index (κ2) is 4.82. The Morgan fingerprint density at radius 3 is 2.56 bits per heavy atom. The molecule has 0 aromatic heterocycles. The maximum absolute atomic E-state index is 10.4. The summed E-state index contributed by atoms with van der Waals surface area (Å²) in [4.78, 5) is 0. The lowest BCUT2D eigenvalue weighted by atomic mass is 9.86.